The number of nitrogen functional groups attached to an aromatic ring is 1. The molecule has 1 atom stereocenters. The van der Waals surface area contributed by atoms with Crippen LogP contribution in [-0.2, 0) is 10.2 Å². The van der Waals surface area contributed by atoms with Crippen molar-refractivity contribution in [3.05, 3.63) is 41.7 Å². The van der Waals surface area contributed by atoms with E-state index < -0.39 is 5.41 Å². The van der Waals surface area contributed by atoms with E-state index >= 15 is 0 Å². The van der Waals surface area contributed by atoms with Crippen molar-refractivity contribution in [2.75, 3.05) is 17.2 Å². The minimum absolute atomic E-state index is 0.0885. The summed E-state index contributed by atoms with van der Waals surface area (Å²) in [5, 5.41) is 0. The monoisotopic (exact) mass is 395 g/mol. The molecule has 2 aliphatic rings. The Morgan fingerprint density at radius 2 is 1.86 bits per heavy atom. The Labute approximate surface area is 169 Å². The number of primary amides is 1. The highest BCUT2D eigenvalue weighted by Crippen LogP contribution is 2.40. The number of anilines is 2. The third kappa shape index (κ3) is 3.28. The molecule has 4 N–H and O–H groups in total. The summed E-state index contributed by atoms with van der Waals surface area (Å²) in [6.07, 6.45) is 5.62. The molecule has 2 amide bonds. The van der Waals surface area contributed by atoms with Crippen molar-refractivity contribution in [1.29, 1.82) is 0 Å². The normalized spacial score (nSPS) is 21.1. The average Bonchev–Trinajstić information content (AvgIpc) is 2.85. The van der Waals surface area contributed by atoms with Gasteiger partial charge >= 0.3 is 0 Å². The topological polar surface area (TPSA) is 124 Å². The number of rotatable bonds is 3. The van der Waals surface area contributed by atoms with E-state index in [0.29, 0.717) is 12.2 Å². The van der Waals surface area contributed by atoms with Crippen LogP contribution in [0.15, 0.2) is 30.6 Å². The quantitative estimate of drug-likeness (QED) is 0.821. The number of amides is 2. The Kier molecular flexibility index (Phi) is 4.86. The molecule has 4 rings (SSSR count). The standard InChI is InChI=1S/C21H25N5O3/c1-13-11-26(19(27)16-17(22)24-12-25-18(16)29-13)15-7-5-14(6-8-15)21(20(23)28)9-3-2-4-10-21/h5-8,12-13H,2-4,9-11H2,1H3,(H2,23,28)(H2,22,24,25). The Bertz CT molecular complexity index is 938. The van der Waals surface area contributed by atoms with Gasteiger partial charge in [-0.05, 0) is 37.5 Å². The molecule has 1 aromatic carbocycles. The van der Waals surface area contributed by atoms with Crippen molar-refractivity contribution >= 4 is 23.3 Å². The van der Waals surface area contributed by atoms with Gasteiger partial charge in [0.1, 0.15) is 23.8 Å². The molecule has 0 bridgehead atoms. The molecule has 1 aliphatic heterocycles. The number of ether oxygens (including phenoxy) is 1. The first kappa shape index (κ1) is 19.2. The van der Waals surface area contributed by atoms with Gasteiger partial charge in [0.25, 0.3) is 5.91 Å². The fraction of sp³-hybridized carbons (Fsp3) is 0.429. The van der Waals surface area contributed by atoms with E-state index in [1.807, 2.05) is 31.2 Å². The van der Waals surface area contributed by atoms with Crippen LogP contribution in [0.25, 0.3) is 0 Å². The number of hydrogen-bond acceptors (Lipinski definition) is 6. The van der Waals surface area contributed by atoms with Gasteiger partial charge in [0.05, 0.1) is 12.0 Å². The van der Waals surface area contributed by atoms with E-state index in [-0.39, 0.29) is 35.2 Å². The van der Waals surface area contributed by atoms with Crippen molar-refractivity contribution in [2.45, 2.75) is 50.5 Å². The van der Waals surface area contributed by atoms with Gasteiger partial charge in [-0.15, -0.1) is 0 Å². The lowest BCUT2D eigenvalue weighted by atomic mass is 9.69. The maximum absolute atomic E-state index is 13.2. The van der Waals surface area contributed by atoms with Crippen molar-refractivity contribution in [3.63, 3.8) is 0 Å². The molecule has 1 aromatic heterocycles. The number of aromatic nitrogens is 2. The van der Waals surface area contributed by atoms with Gasteiger partial charge in [-0.1, -0.05) is 31.4 Å². The lowest BCUT2D eigenvalue weighted by Crippen LogP contribution is -2.42. The van der Waals surface area contributed by atoms with Crippen LogP contribution in [0.2, 0.25) is 0 Å². The zero-order valence-electron chi connectivity index (χ0n) is 16.4. The van der Waals surface area contributed by atoms with E-state index in [1.54, 1.807) is 4.90 Å². The van der Waals surface area contributed by atoms with Crippen LogP contribution in [0.4, 0.5) is 11.5 Å². The Hall–Kier alpha value is -3.16. The maximum Gasteiger partial charge on any atom is 0.267 e. The predicted octanol–water partition coefficient (Wildman–Crippen LogP) is 2.17. The molecule has 29 heavy (non-hydrogen) atoms. The molecule has 1 unspecified atom stereocenters. The summed E-state index contributed by atoms with van der Waals surface area (Å²) in [4.78, 5) is 35.1. The number of carbonyl (C=O) groups excluding carboxylic acids is 2. The first-order chi connectivity index (χ1) is 13.9. The minimum atomic E-state index is -0.624. The highest BCUT2D eigenvalue weighted by molar-refractivity contribution is 6.10. The SMILES string of the molecule is CC1CN(c2ccc(C3(C(N)=O)CCCCC3)cc2)C(=O)c2c(N)ncnc2O1. The second-order valence-electron chi connectivity index (χ2n) is 7.84. The van der Waals surface area contributed by atoms with Crippen LogP contribution >= 0.6 is 0 Å². The first-order valence-electron chi connectivity index (χ1n) is 9.92. The van der Waals surface area contributed by atoms with E-state index in [4.69, 9.17) is 16.2 Å². The average molecular weight is 395 g/mol. The van der Waals surface area contributed by atoms with E-state index in [0.717, 1.165) is 37.7 Å². The number of carbonyl (C=O) groups is 2. The van der Waals surface area contributed by atoms with Crippen LogP contribution < -0.4 is 21.1 Å². The van der Waals surface area contributed by atoms with Gasteiger partial charge in [0.2, 0.25) is 11.8 Å². The summed E-state index contributed by atoms with van der Waals surface area (Å²) < 4.78 is 5.77. The summed E-state index contributed by atoms with van der Waals surface area (Å²) in [5.41, 5.74) is 12.9. The van der Waals surface area contributed by atoms with Crippen LogP contribution in [0.3, 0.4) is 0 Å². The lowest BCUT2D eigenvalue weighted by Gasteiger charge is -2.35. The Morgan fingerprint density at radius 1 is 1.17 bits per heavy atom. The van der Waals surface area contributed by atoms with Gasteiger partial charge in [-0.25, -0.2) is 9.97 Å². The molecular formula is C21H25N5O3. The van der Waals surface area contributed by atoms with Gasteiger partial charge in [0, 0.05) is 5.69 Å². The number of nitrogens with zero attached hydrogens (tertiary/aromatic N) is 3. The molecule has 1 aliphatic carbocycles. The highest BCUT2D eigenvalue weighted by atomic mass is 16.5. The lowest BCUT2D eigenvalue weighted by molar-refractivity contribution is -0.124. The van der Waals surface area contributed by atoms with Crippen molar-refractivity contribution in [1.82, 2.24) is 9.97 Å². The summed E-state index contributed by atoms with van der Waals surface area (Å²) in [7, 11) is 0. The molecule has 152 valence electrons. The fourth-order valence-electron chi connectivity index (χ4n) is 4.39. The van der Waals surface area contributed by atoms with E-state index in [1.165, 1.54) is 6.33 Å². The summed E-state index contributed by atoms with van der Waals surface area (Å²) in [5.74, 6) is -0.302. The molecule has 0 saturated heterocycles. The van der Waals surface area contributed by atoms with Crippen molar-refractivity contribution in [3.8, 4) is 5.88 Å². The van der Waals surface area contributed by atoms with Crippen LogP contribution in [-0.4, -0.2) is 34.4 Å². The third-order valence-corrected chi connectivity index (χ3v) is 5.96. The van der Waals surface area contributed by atoms with Gasteiger partial charge < -0.3 is 21.1 Å². The summed E-state index contributed by atoms with van der Waals surface area (Å²) >= 11 is 0. The largest absolute Gasteiger partial charge is 0.472 e. The molecule has 2 heterocycles. The number of benzene rings is 1. The molecule has 2 aromatic rings. The Morgan fingerprint density at radius 3 is 2.52 bits per heavy atom. The number of hydrogen-bond donors (Lipinski definition) is 2. The van der Waals surface area contributed by atoms with E-state index in [2.05, 4.69) is 9.97 Å². The smallest absolute Gasteiger partial charge is 0.267 e. The molecule has 1 fully saturated rings. The van der Waals surface area contributed by atoms with Gasteiger partial charge in [-0.2, -0.15) is 0 Å². The molecular weight excluding hydrogens is 370 g/mol. The maximum atomic E-state index is 13.2. The van der Waals surface area contributed by atoms with Crippen molar-refractivity contribution < 1.29 is 14.3 Å². The fourth-order valence-corrected chi connectivity index (χ4v) is 4.39. The third-order valence-electron chi connectivity index (χ3n) is 5.96. The number of nitrogens with two attached hydrogens (primary N) is 2. The van der Waals surface area contributed by atoms with Crippen LogP contribution in [0.1, 0.15) is 54.9 Å². The van der Waals surface area contributed by atoms with Crippen LogP contribution in [0.5, 0.6) is 5.88 Å². The van der Waals surface area contributed by atoms with Crippen molar-refractivity contribution in [2.24, 2.45) is 5.73 Å². The molecule has 8 heteroatoms. The minimum Gasteiger partial charge on any atom is -0.472 e. The van der Waals surface area contributed by atoms with Gasteiger partial charge in [-0.3, -0.25) is 9.59 Å². The molecule has 8 nitrogen and oxygen atoms in total. The molecule has 1 saturated carbocycles. The summed E-state index contributed by atoms with van der Waals surface area (Å²) in [6, 6.07) is 7.51. The van der Waals surface area contributed by atoms with Crippen LogP contribution in [0, 0.1) is 0 Å². The highest BCUT2D eigenvalue weighted by Gasteiger charge is 2.39. The first-order valence-corrected chi connectivity index (χ1v) is 9.92. The second-order valence-corrected chi connectivity index (χ2v) is 7.84. The zero-order valence-corrected chi connectivity index (χ0v) is 16.4. The predicted molar refractivity (Wildman–Crippen MR) is 109 cm³/mol. The zero-order chi connectivity index (χ0) is 20.6. The molecule has 0 radical (unpaired) electrons. The molecule has 0 spiro atoms. The Balaban J connectivity index is 1.69. The van der Waals surface area contributed by atoms with Gasteiger partial charge in [0.15, 0.2) is 0 Å². The summed E-state index contributed by atoms with van der Waals surface area (Å²) in [6.45, 7) is 2.21. The number of fused-ring (bicyclic) bond motifs is 1. The second kappa shape index (κ2) is 7.35. The van der Waals surface area contributed by atoms with E-state index in [9.17, 15) is 9.59 Å².